The van der Waals surface area contributed by atoms with Crippen molar-refractivity contribution in [3.63, 3.8) is 0 Å². The quantitative estimate of drug-likeness (QED) is 0.613. The maximum Gasteiger partial charge on any atom is 0.314 e. The van der Waals surface area contributed by atoms with E-state index in [1.165, 1.54) is 5.56 Å². The highest BCUT2D eigenvalue weighted by atomic mass is 28.5. The van der Waals surface area contributed by atoms with E-state index >= 15 is 0 Å². The molecule has 0 saturated carbocycles. The fourth-order valence-electron chi connectivity index (χ4n) is 2.69. The maximum absolute atomic E-state index is 6.55. The minimum atomic E-state index is -2.17. The molecule has 3 nitrogen and oxygen atoms in total. The molecule has 0 fully saturated rings. The molecular formula is C16H32O3Si3. The molecule has 0 N–H and O–H groups in total. The molecular weight excluding hydrogens is 324 g/mol. The van der Waals surface area contributed by atoms with Gasteiger partial charge >= 0.3 is 8.56 Å². The number of rotatable bonds is 8. The van der Waals surface area contributed by atoms with Gasteiger partial charge in [-0.25, -0.2) is 0 Å². The van der Waals surface area contributed by atoms with Crippen LogP contribution < -0.4 is 4.74 Å². The number of hydrogen-bond donors (Lipinski definition) is 0. The summed E-state index contributed by atoms with van der Waals surface area (Å²) in [5.74, 6) is 0.958. The largest absolute Gasteiger partial charge is 0.496 e. The molecule has 22 heavy (non-hydrogen) atoms. The van der Waals surface area contributed by atoms with E-state index in [4.69, 9.17) is 13.0 Å². The molecule has 1 aromatic carbocycles. The van der Waals surface area contributed by atoms with Crippen LogP contribution in [0.15, 0.2) is 24.3 Å². The second-order valence-electron chi connectivity index (χ2n) is 7.87. The predicted molar refractivity (Wildman–Crippen MR) is 102 cm³/mol. The Balaban J connectivity index is 2.89. The van der Waals surface area contributed by atoms with Crippen LogP contribution in [0.4, 0.5) is 0 Å². The van der Waals surface area contributed by atoms with Crippen LogP contribution in [0.25, 0.3) is 0 Å². The van der Waals surface area contributed by atoms with E-state index in [2.05, 4.69) is 58.0 Å². The van der Waals surface area contributed by atoms with Gasteiger partial charge in [-0.15, -0.1) is 0 Å². The molecule has 0 aliphatic heterocycles. The zero-order valence-electron chi connectivity index (χ0n) is 15.4. The lowest BCUT2D eigenvalue weighted by molar-refractivity contribution is 0.381. The predicted octanol–water partition coefficient (Wildman–Crippen LogP) is 5.01. The third kappa shape index (κ3) is 7.24. The molecule has 0 aromatic heterocycles. The lowest BCUT2D eigenvalue weighted by atomic mass is 10.1. The Kier molecular flexibility index (Phi) is 6.64. The Bertz CT molecular complexity index is 462. The SMILES string of the molecule is COc1ccccc1CC[Si](C)(O[Si](C)(C)C)O[Si](C)(C)C. The van der Waals surface area contributed by atoms with Gasteiger partial charge < -0.3 is 13.0 Å². The number of benzene rings is 1. The Labute approximate surface area is 139 Å². The summed E-state index contributed by atoms with van der Waals surface area (Å²) in [7, 11) is -3.69. The molecule has 0 aliphatic rings. The summed E-state index contributed by atoms with van der Waals surface area (Å²) >= 11 is 0. The van der Waals surface area contributed by atoms with Crippen molar-refractivity contribution in [3.05, 3.63) is 29.8 Å². The van der Waals surface area contributed by atoms with Gasteiger partial charge in [0, 0.05) is 0 Å². The first-order valence-corrected chi connectivity index (χ1v) is 17.3. The van der Waals surface area contributed by atoms with Crippen LogP contribution in [0, 0.1) is 0 Å². The molecule has 1 aromatic rings. The molecule has 0 spiro atoms. The standard InChI is InChI=1S/C16H32O3Si3/c1-17-16-12-10-9-11-15(16)13-14-22(8,18-20(2,3)4)19-21(5,6)7/h9-12H,13-14H2,1-8H3. The Morgan fingerprint density at radius 1 is 0.818 bits per heavy atom. The Hall–Kier alpha value is -0.409. The molecule has 1 rings (SSSR count). The van der Waals surface area contributed by atoms with Crippen molar-refractivity contribution < 1.29 is 13.0 Å². The van der Waals surface area contributed by atoms with Gasteiger partial charge in [-0.2, -0.15) is 0 Å². The second kappa shape index (κ2) is 7.44. The first-order chi connectivity index (χ1) is 9.94. The Morgan fingerprint density at radius 2 is 1.32 bits per heavy atom. The van der Waals surface area contributed by atoms with E-state index in [0.29, 0.717) is 0 Å². The monoisotopic (exact) mass is 356 g/mol. The van der Waals surface area contributed by atoms with Crippen LogP contribution in [0.2, 0.25) is 51.9 Å². The van der Waals surface area contributed by atoms with Crippen molar-refractivity contribution in [2.75, 3.05) is 7.11 Å². The van der Waals surface area contributed by atoms with Crippen molar-refractivity contribution in [1.82, 2.24) is 0 Å². The van der Waals surface area contributed by atoms with Crippen molar-refractivity contribution in [2.45, 2.75) is 58.3 Å². The number of hydrogen-bond acceptors (Lipinski definition) is 3. The minimum absolute atomic E-state index is 0.946. The number of methoxy groups -OCH3 is 1. The smallest absolute Gasteiger partial charge is 0.314 e. The second-order valence-corrected chi connectivity index (χ2v) is 20.7. The van der Waals surface area contributed by atoms with Gasteiger partial charge in [0.1, 0.15) is 5.75 Å². The molecule has 0 atom stereocenters. The molecule has 126 valence electrons. The lowest BCUT2D eigenvalue weighted by Crippen LogP contribution is -2.52. The Morgan fingerprint density at radius 3 is 1.77 bits per heavy atom. The fraction of sp³-hybridized carbons (Fsp3) is 0.625. The fourth-order valence-corrected chi connectivity index (χ4v) is 15.1. The zero-order chi connectivity index (χ0) is 17.0. The van der Waals surface area contributed by atoms with E-state index in [0.717, 1.165) is 18.2 Å². The molecule has 0 unspecified atom stereocenters. The molecule has 0 saturated heterocycles. The molecule has 6 heteroatoms. The average Bonchev–Trinajstić information content (AvgIpc) is 2.32. The summed E-state index contributed by atoms with van der Waals surface area (Å²) in [6.07, 6.45) is 0.946. The third-order valence-corrected chi connectivity index (χ3v) is 12.6. The van der Waals surface area contributed by atoms with E-state index in [-0.39, 0.29) is 0 Å². The summed E-state index contributed by atoms with van der Waals surface area (Å²) < 4.78 is 18.6. The first-order valence-electron chi connectivity index (χ1n) is 7.96. The molecule has 0 bridgehead atoms. The van der Waals surface area contributed by atoms with Gasteiger partial charge in [-0.3, -0.25) is 0 Å². The highest BCUT2D eigenvalue weighted by Crippen LogP contribution is 2.28. The van der Waals surface area contributed by atoms with Gasteiger partial charge in [0.05, 0.1) is 7.11 Å². The van der Waals surface area contributed by atoms with E-state index in [9.17, 15) is 0 Å². The molecule has 0 heterocycles. The van der Waals surface area contributed by atoms with Crippen LogP contribution in [0.3, 0.4) is 0 Å². The van der Waals surface area contributed by atoms with Gasteiger partial charge in [-0.05, 0) is 69.9 Å². The number of aryl methyl sites for hydroxylation is 1. The van der Waals surface area contributed by atoms with Crippen LogP contribution in [-0.4, -0.2) is 32.3 Å². The summed E-state index contributed by atoms with van der Waals surface area (Å²) in [5, 5.41) is 0. The van der Waals surface area contributed by atoms with Gasteiger partial charge in [0.2, 0.25) is 0 Å². The van der Waals surface area contributed by atoms with Gasteiger partial charge in [0.25, 0.3) is 0 Å². The topological polar surface area (TPSA) is 27.7 Å². The van der Waals surface area contributed by atoms with Crippen molar-refractivity contribution in [3.8, 4) is 5.75 Å². The average molecular weight is 357 g/mol. The zero-order valence-corrected chi connectivity index (χ0v) is 18.4. The highest BCUT2D eigenvalue weighted by Gasteiger charge is 2.40. The van der Waals surface area contributed by atoms with Crippen molar-refractivity contribution in [1.29, 1.82) is 0 Å². The summed E-state index contributed by atoms with van der Waals surface area (Å²) in [6.45, 7) is 15.7. The minimum Gasteiger partial charge on any atom is -0.496 e. The van der Waals surface area contributed by atoms with Crippen LogP contribution in [-0.2, 0) is 14.7 Å². The van der Waals surface area contributed by atoms with E-state index < -0.39 is 25.2 Å². The molecule has 0 radical (unpaired) electrons. The van der Waals surface area contributed by atoms with Crippen LogP contribution >= 0.6 is 0 Å². The third-order valence-electron chi connectivity index (χ3n) is 3.09. The van der Waals surface area contributed by atoms with Crippen LogP contribution in [0.5, 0.6) is 5.75 Å². The van der Waals surface area contributed by atoms with E-state index in [1.807, 2.05) is 12.1 Å². The molecule has 0 aliphatic carbocycles. The summed E-state index contributed by atoms with van der Waals surface area (Å²) in [5.41, 5.74) is 1.24. The van der Waals surface area contributed by atoms with Crippen LogP contribution in [0.1, 0.15) is 5.56 Å². The van der Waals surface area contributed by atoms with Crippen molar-refractivity contribution >= 4 is 25.2 Å². The normalized spacial score (nSPS) is 13.3. The highest BCUT2D eigenvalue weighted by molar-refractivity contribution is 6.87. The van der Waals surface area contributed by atoms with E-state index in [1.54, 1.807) is 7.11 Å². The maximum atomic E-state index is 6.55. The lowest BCUT2D eigenvalue weighted by Gasteiger charge is -2.38. The van der Waals surface area contributed by atoms with Crippen molar-refractivity contribution in [2.24, 2.45) is 0 Å². The number of para-hydroxylation sites is 1. The summed E-state index contributed by atoms with van der Waals surface area (Å²) in [6, 6.07) is 9.21. The molecule has 0 amide bonds. The van der Waals surface area contributed by atoms with Gasteiger partial charge in [-0.1, -0.05) is 18.2 Å². The number of ether oxygens (including phenoxy) is 1. The van der Waals surface area contributed by atoms with Gasteiger partial charge in [0.15, 0.2) is 16.6 Å². The summed E-state index contributed by atoms with van der Waals surface area (Å²) in [4.78, 5) is 0. The first kappa shape index (κ1) is 19.6.